The molecule has 0 spiro atoms. The average molecular weight is 333 g/mol. The molecule has 1 unspecified atom stereocenters. The fourth-order valence-corrected chi connectivity index (χ4v) is 2.63. The van der Waals surface area contributed by atoms with Crippen LogP contribution in [0.15, 0.2) is 24.3 Å². The van der Waals surface area contributed by atoms with Crippen LogP contribution in [0.5, 0.6) is 5.75 Å². The van der Waals surface area contributed by atoms with Crippen LogP contribution >= 0.6 is 0 Å². The summed E-state index contributed by atoms with van der Waals surface area (Å²) in [5.74, 6) is 0.942. The number of nitrogens with one attached hydrogen (secondary N) is 2. The lowest BCUT2D eigenvalue weighted by molar-refractivity contribution is -0.122. The highest BCUT2D eigenvalue weighted by Crippen LogP contribution is 2.32. The van der Waals surface area contributed by atoms with E-state index in [2.05, 4.69) is 10.6 Å². The second-order valence-electron chi connectivity index (χ2n) is 6.04. The number of carbonyl (C=O) groups excluding carboxylic acids is 2. The second-order valence-corrected chi connectivity index (χ2v) is 6.04. The predicted octanol–water partition coefficient (Wildman–Crippen LogP) is 1.45. The van der Waals surface area contributed by atoms with Crippen LogP contribution in [0.1, 0.15) is 43.0 Å². The molecule has 2 rings (SSSR count). The highest BCUT2D eigenvalue weighted by Gasteiger charge is 2.30. The molecule has 1 saturated carbocycles. The number of hydrogen-bond acceptors (Lipinski definition) is 4. The van der Waals surface area contributed by atoms with Gasteiger partial charge in [0.1, 0.15) is 5.75 Å². The van der Waals surface area contributed by atoms with Crippen molar-refractivity contribution in [3.05, 3.63) is 29.8 Å². The van der Waals surface area contributed by atoms with Crippen molar-refractivity contribution in [1.29, 1.82) is 0 Å². The summed E-state index contributed by atoms with van der Waals surface area (Å²) in [6.07, 6.45) is 3.28. The summed E-state index contributed by atoms with van der Waals surface area (Å²) < 4.78 is 5.45. The van der Waals surface area contributed by atoms with Gasteiger partial charge in [0.25, 0.3) is 5.91 Å². The number of para-hydroxylation sites is 1. The summed E-state index contributed by atoms with van der Waals surface area (Å²) in [7, 11) is 0. The smallest absolute Gasteiger partial charge is 0.255 e. The van der Waals surface area contributed by atoms with Crippen LogP contribution in [0.4, 0.5) is 0 Å². The molecule has 0 heterocycles. The van der Waals surface area contributed by atoms with E-state index in [0.717, 1.165) is 12.8 Å². The average Bonchev–Trinajstić information content (AvgIpc) is 3.42. The fraction of sp³-hybridized carbons (Fsp3) is 0.556. The van der Waals surface area contributed by atoms with Gasteiger partial charge in [-0.25, -0.2) is 0 Å². The fourth-order valence-electron chi connectivity index (χ4n) is 2.63. The molecule has 6 nitrogen and oxygen atoms in total. The number of hydrogen-bond donors (Lipinski definition) is 3. The predicted molar refractivity (Wildman–Crippen MR) is 92.9 cm³/mol. The number of amides is 2. The first kappa shape index (κ1) is 18.3. The van der Waals surface area contributed by atoms with Crippen molar-refractivity contribution in [3.63, 3.8) is 0 Å². The Morgan fingerprint density at radius 3 is 2.75 bits per heavy atom. The zero-order valence-electron chi connectivity index (χ0n) is 14.2. The Labute approximate surface area is 143 Å². The lowest BCUT2D eigenvalue weighted by atomic mass is 10.1. The molecule has 1 fully saturated rings. The Kier molecular flexibility index (Phi) is 7.06. The van der Waals surface area contributed by atoms with E-state index in [1.54, 1.807) is 18.2 Å². The van der Waals surface area contributed by atoms with E-state index >= 15 is 0 Å². The highest BCUT2D eigenvalue weighted by molar-refractivity contribution is 5.96. The first-order valence-electron chi connectivity index (χ1n) is 8.65. The van der Waals surface area contributed by atoms with Crippen molar-refractivity contribution in [2.75, 3.05) is 19.7 Å². The standard InChI is InChI=1S/C18H27N3O3/c1-2-24-16-7-4-3-6-14(16)18(23)20-11-5-8-17(22)21-15(12-19)13-9-10-13/h3-4,6-7,13,15H,2,5,8-12,19H2,1H3,(H,20,23)(H,21,22). The molecule has 0 saturated heterocycles. The number of nitrogens with two attached hydrogens (primary N) is 1. The van der Waals surface area contributed by atoms with Crippen LogP contribution in [0.25, 0.3) is 0 Å². The number of rotatable bonds is 10. The first-order chi connectivity index (χ1) is 11.7. The largest absolute Gasteiger partial charge is 0.493 e. The van der Waals surface area contributed by atoms with Gasteiger partial charge in [0, 0.05) is 25.6 Å². The first-order valence-corrected chi connectivity index (χ1v) is 8.65. The van der Waals surface area contributed by atoms with Gasteiger partial charge in [-0.3, -0.25) is 9.59 Å². The summed E-state index contributed by atoms with van der Waals surface area (Å²) in [4.78, 5) is 24.1. The molecule has 132 valence electrons. The monoisotopic (exact) mass is 333 g/mol. The maximum Gasteiger partial charge on any atom is 0.255 e. The molecule has 1 aromatic rings. The van der Waals surface area contributed by atoms with E-state index in [1.165, 1.54) is 0 Å². The van der Waals surface area contributed by atoms with Gasteiger partial charge < -0.3 is 21.1 Å². The lowest BCUT2D eigenvalue weighted by Crippen LogP contribution is -2.41. The quantitative estimate of drug-likeness (QED) is 0.565. The van der Waals surface area contributed by atoms with Crippen LogP contribution in [0.3, 0.4) is 0 Å². The maximum absolute atomic E-state index is 12.2. The van der Waals surface area contributed by atoms with Gasteiger partial charge in [0.2, 0.25) is 5.91 Å². The zero-order valence-corrected chi connectivity index (χ0v) is 14.2. The van der Waals surface area contributed by atoms with Crippen molar-refractivity contribution in [2.24, 2.45) is 11.7 Å². The Balaban J connectivity index is 1.70. The van der Waals surface area contributed by atoms with Crippen LogP contribution in [-0.2, 0) is 4.79 Å². The second kappa shape index (κ2) is 9.27. The summed E-state index contributed by atoms with van der Waals surface area (Å²) in [5, 5.41) is 5.81. The lowest BCUT2D eigenvalue weighted by Gasteiger charge is -2.16. The van der Waals surface area contributed by atoms with Crippen LogP contribution in [0, 0.1) is 5.92 Å². The molecule has 1 aliphatic rings. The number of carbonyl (C=O) groups is 2. The summed E-state index contributed by atoms with van der Waals surface area (Å²) in [5.41, 5.74) is 6.19. The molecule has 1 atom stereocenters. The molecule has 1 aromatic carbocycles. The van der Waals surface area contributed by atoms with Gasteiger partial charge in [-0.15, -0.1) is 0 Å². The van der Waals surface area contributed by atoms with Crippen LogP contribution in [-0.4, -0.2) is 37.6 Å². The molecule has 0 aromatic heterocycles. The molecule has 0 bridgehead atoms. The molecule has 0 aliphatic heterocycles. The van der Waals surface area contributed by atoms with E-state index in [0.29, 0.717) is 49.8 Å². The topological polar surface area (TPSA) is 93.4 Å². The molecule has 1 aliphatic carbocycles. The van der Waals surface area contributed by atoms with E-state index < -0.39 is 0 Å². The Hall–Kier alpha value is -2.08. The molecular weight excluding hydrogens is 306 g/mol. The zero-order chi connectivity index (χ0) is 17.4. The number of benzene rings is 1. The highest BCUT2D eigenvalue weighted by atomic mass is 16.5. The van der Waals surface area contributed by atoms with Gasteiger partial charge in [0.15, 0.2) is 0 Å². The molecule has 4 N–H and O–H groups in total. The van der Waals surface area contributed by atoms with Crippen molar-refractivity contribution in [2.45, 2.75) is 38.6 Å². The summed E-state index contributed by atoms with van der Waals surface area (Å²) in [6.45, 7) is 3.32. The van der Waals surface area contributed by atoms with Crippen molar-refractivity contribution in [3.8, 4) is 5.75 Å². The minimum atomic E-state index is -0.183. The molecule has 0 radical (unpaired) electrons. The summed E-state index contributed by atoms with van der Waals surface area (Å²) >= 11 is 0. The van der Waals surface area contributed by atoms with E-state index in [-0.39, 0.29) is 17.9 Å². The third-order valence-electron chi connectivity index (χ3n) is 4.09. The third kappa shape index (κ3) is 5.53. The normalized spacial score (nSPS) is 14.8. The maximum atomic E-state index is 12.2. The third-order valence-corrected chi connectivity index (χ3v) is 4.09. The Morgan fingerprint density at radius 2 is 2.08 bits per heavy atom. The minimum Gasteiger partial charge on any atom is -0.493 e. The minimum absolute atomic E-state index is 0.00122. The van der Waals surface area contributed by atoms with Gasteiger partial charge >= 0.3 is 0 Å². The van der Waals surface area contributed by atoms with Crippen molar-refractivity contribution >= 4 is 11.8 Å². The molecule has 2 amide bonds. The Morgan fingerprint density at radius 1 is 1.33 bits per heavy atom. The van der Waals surface area contributed by atoms with E-state index in [9.17, 15) is 9.59 Å². The molecule has 6 heteroatoms. The Bertz CT molecular complexity index is 558. The van der Waals surface area contributed by atoms with Crippen molar-refractivity contribution < 1.29 is 14.3 Å². The van der Waals surface area contributed by atoms with Gasteiger partial charge in [-0.05, 0) is 44.2 Å². The van der Waals surface area contributed by atoms with Gasteiger partial charge in [-0.1, -0.05) is 12.1 Å². The molecular formula is C18H27N3O3. The number of ether oxygens (including phenoxy) is 1. The van der Waals surface area contributed by atoms with Crippen LogP contribution < -0.4 is 21.1 Å². The van der Waals surface area contributed by atoms with Crippen LogP contribution in [0.2, 0.25) is 0 Å². The van der Waals surface area contributed by atoms with Crippen molar-refractivity contribution in [1.82, 2.24) is 10.6 Å². The van der Waals surface area contributed by atoms with E-state index in [4.69, 9.17) is 10.5 Å². The molecule has 24 heavy (non-hydrogen) atoms. The van der Waals surface area contributed by atoms with Gasteiger partial charge in [-0.2, -0.15) is 0 Å². The van der Waals surface area contributed by atoms with E-state index in [1.807, 2.05) is 13.0 Å². The summed E-state index contributed by atoms with van der Waals surface area (Å²) in [6, 6.07) is 7.24. The van der Waals surface area contributed by atoms with Gasteiger partial charge in [0.05, 0.1) is 12.2 Å². The SMILES string of the molecule is CCOc1ccccc1C(=O)NCCCC(=O)NC(CN)C1CC1.